The second kappa shape index (κ2) is 15.9. The van der Waals surface area contributed by atoms with Crippen LogP contribution in [-0.2, 0) is 34.0 Å². The number of nitrogens with zero attached hydrogens (tertiary/aromatic N) is 3. The Bertz CT molecular complexity index is 2550. The van der Waals surface area contributed by atoms with Crippen molar-refractivity contribution >= 4 is 68.6 Å². The van der Waals surface area contributed by atoms with Crippen molar-refractivity contribution in [2.24, 2.45) is 5.92 Å². The predicted octanol–water partition coefficient (Wildman–Crippen LogP) is 7.99. The van der Waals surface area contributed by atoms with Crippen LogP contribution in [0.15, 0.2) is 35.9 Å². The zero-order valence-corrected chi connectivity index (χ0v) is 35.2. The Kier molecular flexibility index (Phi) is 11.1. The number of hydrogen-bond donors (Lipinski definition) is 2. The van der Waals surface area contributed by atoms with E-state index in [-0.39, 0.29) is 36.4 Å². The van der Waals surface area contributed by atoms with Crippen molar-refractivity contribution in [3.8, 4) is 0 Å². The van der Waals surface area contributed by atoms with E-state index < -0.39 is 35.1 Å². The Morgan fingerprint density at radius 3 is 2.20 bits per heavy atom. The van der Waals surface area contributed by atoms with Crippen LogP contribution < -0.4 is 0 Å². The van der Waals surface area contributed by atoms with Gasteiger partial charge in [-0.25, -0.2) is 14.8 Å². The normalized spacial score (nSPS) is 19.0. The third-order valence-corrected chi connectivity index (χ3v) is 12.5. The molecule has 0 unspecified atom stereocenters. The van der Waals surface area contributed by atoms with E-state index in [9.17, 15) is 24.0 Å². The van der Waals surface area contributed by atoms with Crippen molar-refractivity contribution in [1.82, 2.24) is 24.8 Å². The highest BCUT2D eigenvalue weighted by Gasteiger charge is 2.53. The zero-order chi connectivity index (χ0) is 42.5. The molecule has 0 saturated carbocycles. The fourth-order valence-electron chi connectivity index (χ4n) is 9.14. The number of carbonyl (C=O) groups excluding carboxylic acids is 5. The number of fused-ring (bicyclic) bond motifs is 11. The molecule has 2 amide bonds. The minimum Gasteiger partial charge on any atom is -0.469 e. The number of imide groups is 1. The molecule has 0 saturated heterocycles. The summed E-state index contributed by atoms with van der Waals surface area (Å²) in [7, 11) is 3.88. The van der Waals surface area contributed by atoms with Crippen molar-refractivity contribution < 1.29 is 38.2 Å². The number of aryl methyl sites for hydroxylation is 1. The number of amides is 2. The maximum Gasteiger partial charge on any atom is 0.334 e. The van der Waals surface area contributed by atoms with Gasteiger partial charge in [-0.2, -0.15) is 0 Å². The number of methoxy groups -OCH3 is 3. The molecule has 0 fully saturated rings. The number of unbranched alkanes of at least 4 members (excludes halogenated alkanes) is 3. The molecule has 7 rings (SSSR count). The van der Waals surface area contributed by atoms with Gasteiger partial charge in [-0.05, 0) is 98.6 Å². The van der Waals surface area contributed by atoms with E-state index in [0.717, 1.165) is 36.0 Å². The quantitative estimate of drug-likeness (QED) is 0.0981. The molecule has 2 aromatic heterocycles. The van der Waals surface area contributed by atoms with Crippen LogP contribution in [0, 0.1) is 12.8 Å². The van der Waals surface area contributed by atoms with Crippen LogP contribution >= 0.6 is 0 Å². The molecule has 4 aliphatic heterocycles. The standard InChI is InChI=1S/C46H51N5O8/c1-10-12-13-14-19-51-42(53)37-25(5)31-20-33-26(11-2)23(3)30(47-33)21-34-29-17-15-28(44(55)58-8)39(45(56)59-9)46(29,6)35(48-34)22-32-24(4)27(16-18-36(52)57-7)40(49-32)38(43(51)54)41(37)50-31/h15,17,20-22,39,48,50H,10-14,16,18-19H2,1-9H3/t39-,46+/m0/s1. The van der Waals surface area contributed by atoms with Gasteiger partial charge in [0.25, 0.3) is 11.8 Å². The van der Waals surface area contributed by atoms with Crippen molar-refractivity contribution in [1.29, 1.82) is 0 Å². The molecule has 5 aliphatic rings. The molecule has 308 valence electrons. The Morgan fingerprint density at radius 1 is 0.814 bits per heavy atom. The van der Waals surface area contributed by atoms with Crippen molar-refractivity contribution in [2.75, 3.05) is 27.9 Å². The van der Waals surface area contributed by atoms with Gasteiger partial charge in [0.1, 0.15) is 5.92 Å². The lowest BCUT2D eigenvalue weighted by Gasteiger charge is -2.36. The molecule has 2 N–H and O–H groups in total. The first-order valence-corrected chi connectivity index (χ1v) is 20.2. The van der Waals surface area contributed by atoms with Gasteiger partial charge in [0, 0.05) is 29.9 Å². The van der Waals surface area contributed by atoms with Gasteiger partial charge in [0.05, 0.1) is 71.7 Å². The summed E-state index contributed by atoms with van der Waals surface area (Å²) >= 11 is 0. The Labute approximate surface area is 343 Å². The maximum atomic E-state index is 14.9. The van der Waals surface area contributed by atoms with E-state index in [2.05, 4.69) is 23.8 Å². The van der Waals surface area contributed by atoms with E-state index >= 15 is 0 Å². The molecular formula is C46H51N5O8. The number of ether oxygens (including phenoxy) is 3. The maximum absolute atomic E-state index is 14.9. The minimum absolute atomic E-state index is 0.0141. The number of allylic oxidation sites excluding steroid dienone is 7. The molecule has 8 bridgehead atoms. The molecule has 2 aromatic rings. The van der Waals surface area contributed by atoms with Crippen molar-refractivity contribution in [3.05, 3.63) is 86.8 Å². The van der Waals surface area contributed by atoms with Crippen LogP contribution in [0.1, 0.15) is 140 Å². The summed E-state index contributed by atoms with van der Waals surface area (Å²) in [6.45, 7) is 12.0. The average Bonchev–Trinajstić information content (AvgIpc) is 3.90. The van der Waals surface area contributed by atoms with Crippen LogP contribution in [0.2, 0.25) is 0 Å². The number of H-pyrrole nitrogens is 2. The summed E-state index contributed by atoms with van der Waals surface area (Å²) in [5, 5.41) is 0. The minimum atomic E-state index is -1.19. The molecule has 0 spiro atoms. The predicted molar refractivity (Wildman–Crippen MR) is 224 cm³/mol. The van der Waals surface area contributed by atoms with Crippen LogP contribution in [0.4, 0.5) is 0 Å². The second-order valence-electron chi connectivity index (χ2n) is 15.7. The van der Waals surface area contributed by atoms with Gasteiger partial charge in [0.2, 0.25) is 0 Å². The average molecular weight is 802 g/mol. The van der Waals surface area contributed by atoms with Gasteiger partial charge < -0.3 is 24.2 Å². The first kappa shape index (κ1) is 41.1. The molecule has 0 aromatic carbocycles. The largest absolute Gasteiger partial charge is 0.469 e. The fraction of sp³-hybridized carbons (Fsp3) is 0.413. The monoisotopic (exact) mass is 801 g/mol. The number of aromatic nitrogens is 4. The molecule has 0 radical (unpaired) electrons. The van der Waals surface area contributed by atoms with Crippen molar-refractivity contribution in [2.45, 2.75) is 91.9 Å². The molecule has 2 atom stereocenters. The fourth-order valence-corrected chi connectivity index (χ4v) is 9.14. The van der Waals surface area contributed by atoms with Gasteiger partial charge in [-0.3, -0.25) is 24.1 Å². The highest BCUT2D eigenvalue weighted by molar-refractivity contribution is 6.24. The van der Waals surface area contributed by atoms with Gasteiger partial charge in [-0.15, -0.1) is 0 Å². The molecule has 6 heterocycles. The van der Waals surface area contributed by atoms with Crippen LogP contribution in [0.5, 0.6) is 0 Å². The van der Waals surface area contributed by atoms with E-state index in [1.807, 2.05) is 52.0 Å². The molecule has 1 aliphatic carbocycles. The summed E-state index contributed by atoms with van der Waals surface area (Å²) in [6, 6.07) is 5.70. The number of aromatic amines is 2. The van der Waals surface area contributed by atoms with E-state index in [4.69, 9.17) is 24.2 Å². The second-order valence-corrected chi connectivity index (χ2v) is 15.7. The molecule has 13 heteroatoms. The summed E-state index contributed by atoms with van der Waals surface area (Å²) in [5.41, 5.74) is 8.69. The molecular weight excluding hydrogens is 751 g/mol. The number of carbonyl (C=O) groups is 5. The zero-order valence-electron chi connectivity index (χ0n) is 35.2. The number of esters is 3. The first-order valence-electron chi connectivity index (χ1n) is 20.2. The van der Waals surface area contributed by atoms with Crippen molar-refractivity contribution in [3.63, 3.8) is 0 Å². The smallest absolute Gasteiger partial charge is 0.334 e. The lowest BCUT2D eigenvalue weighted by atomic mass is 9.64. The van der Waals surface area contributed by atoms with Crippen LogP contribution in [-0.4, -0.2) is 82.4 Å². The topological polar surface area (TPSA) is 174 Å². The van der Waals surface area contributed by atoms with Crippen LogP contribution in [0.25, 0.3) is 38.9 Å². The Balaban J connectivity index is 1.64. The number of nitrogens with one attached hydrogen (secondary N) is 2. The third-order valence-electron chi connectivity index (χ3n) is 12.5. The summed E-state index contributed by atoms with van der Waals surface area (Å²) in [4.78, 5) is 87.8. The Morgan fingerprint density at radius 2 is 1.53 bits per heavy atom. The lowest BCUT2D eigenvalue weighted by Crippen LogP contribution is -2.42. The van der Waals surface area contributed by atoms with Gasteiger partial charge in [-0.1, -0.05) is 45.3 Å². The number of hydrogen-bond acceptors (Lipinski definition) is 10. The van der Waals surface area contributed by atoms with Gasteiger partial charge >= 0.3 is 17.9 Å². The third kappa shape index (κ3) is 6.60. The highest BCUT2D eigenvalue weighted by atomic mass is 16.5. The summed E-state index contributed by atoms with van der Waals surface area (Å²) in [5.74, 6) is -3.70. The SMILES string of the molecule is CCCCCCN1C(=O)c2c3nc(cc4[nH]c(cc5nc(cc6[nH]c2c(c6C)C1=O)C(CC)=C5C)C1=CC=C(C(=O)OC)[C@@H](C(=O)OC)[C@]14C)C(C)=C3CCC(=O)OC. The first-order chi connectivity index (χ1) is 28.2. The number of rotatable bonds is 11. The lowest BCUT2D eigenvalue weighted by molar-refractivity contribution is -0.149. The Hall–Kier alpha value is -6.11. The summed E-state index contributed by atoms with van der Waals surface area (Å²) < 4.78 is 15.5. The van der Waals surface area contributed by atoms with Gasteiger partial charge in [0.15, 0.2) is 0 Å². The molecule has 13 nitrogen and oxygen atoms in total. The van der Waals surface area contributed by atoms with E-state index in [1.54, 1.807) is 6.08 Å². The highest BCUT2D eigenvalue weighted by Crippen LogP contribution is 2.53. The summed E-state index contributed by atoms with van der Waals surface area (Å²) in [6.07, 6.45) is 7.78. The van der Waals surface area contributed by atoms with E-state index in [0.29, 0.717) is 80.3 Å². The van der Waals surface area contributed by atoms with Crippen LogP contribution in [0.3, 0.4) is 0 Å². The van der Waals surface area contributed by atoms with E-state index in [1.165, 1.54) is 26.2 Å². The molecule has 59 heavy (non-hydrogen) atoms.